The zero-order chi connectivity index (χ0) is 36.0. The molecule has 1 N–H and O–H groups in total. The number of methoxy groups -OCH3 is 1. The first-order valence-corrected chi connectivity index (χ1v) is 23.2. The van der Waals surface area contributed by atoms with Crippen LogP contribution in [-0.2, 0) is 31.8 Å². The third-order valence-electron chi connectivity index (χ3n) is 14.4. The maximum absolute atomic E-state index is 12.8. The number of nitrogens with zero attached hydrogens (tertiary/aromatic N) is 1. The number of fused-ring (bicyclic) bond motifs is 4. The van der Waals surface area contributed by atoms with E-state index in [9.17, 15) is 9.90 Å². The zero-order valence-electron chi connectivity index (χ0n) is 31.9. The molecule has 52 heavy (non-hydrogen) atoms. The van der Waals surface area contributed by atoms with Crippen molar-refractivity contribution in [1.82, 2.24) is 4.90 Å². The highest BCUT2D eigenvalue weighted by Crippen LogP contribution is 2.60. The van der Waals surface area contributed by atoms with E-state index < -0.39 is 0 Å². The van der Waals surface area contributed by atoms with Gasteiger partial charge in [-0.1, -0.05) is 85.4 Å². The smallest absolute Gasteiger partial charge is 0.343 e. The van der Waals surface area contributed by atoms with Gasteiger partial charge in [0, 0.05) is 41.5 Å². The van der Waals surface area contributed by atoms with Gasteiger partial charge in [0.25, 0.3) is 0 Å². The van der Waals surface area contributed by atoms with Crippen molar-refractivity contribution in [2.75, 3.05) is 18.6 Å². The van der Waals surface area contributed by atoms with Gasteiger partial charge in [-0.3, -0.25) is 4.90 Å². The number of benzene rings is 1. The summed E-state index contributed by atoms with van der Waals surface area (Å²) in [6, 6.07) is 10.1. The van der Waals surface area contributed by atoms with Crippen molar-refractivity contribution in [3.63, 3.8) is 0 Å². The maximum Gasteiger partial charge on any atom is 0.343 e. The average molecular weight is 748 g/mol. The Morgan fingerprint density at radius 2 is 1.81 bits per heavy atom. The fourth-order valence-corrected chi connectivity index (χ4v) is 14.7. The molecule has 6 nitrogen and oxygen atoms in total. The summed E-state index contributed by atoms with van der Waals surface area (Å²) in [5, 5.41) is 12.8. The van der Waals surface area contributed by atoms with Crippen molar-refractivity contribution < 1.29 is 24.1 Å². The Kier molecular flexibility index (Phi) is 11.2. The van der Waals surface area contributed by atoms with Crippen LogP contribution in [0.15, 0.2) is 59.0 Å². The predicted octanol–water partition coefficient (Wildman–Crippen LogP) is 9.77. The second kappa shape index (κ2) is 15.7. The lowest BCUT2D eigenvalue weighted by molar-refractivity contribution is -0.133. The van der Waals surface area contributed by atoms with Crippen molar-refractivity contribution in [2.45, 2.75) is 141 Å². The second-order valence-corrected chi connectivity index (χ2v) is 20.0. The number of carbonyl (C=O) groups excluding carboxylic acids is 1. The van der Waals surface area contributed by atoms with Crippen molar-refractivity contribution in [3.8, 4) is 0 Å². The first-order chi connectivity index (χ1) is 25.3. The van der Waals surface area contributed by atoms with E-state index in [1.54, 1.807) is 14.0 Å². The SMILES string of the molecule is CCCCCc1cccc(C[C@@H]2C[C@@H]3[C@@H](O)C[C@@H]4[C@H](CCC45CCCC5)CSSC[C@H]4CC=C5OC(=C6OC(=O)C(C)=C6OC)[C@@H](C)[C@H]5[C@H](C2)N43)c1. The Balaban J connectivity index is 1.16. The van der Waals surface area contributed by atoms with Crippen LogP contribution >= 0.6 is 21.6 Å². The Morgan fingerprint density at radius 1 is 1.02 bits per heavy atom. The van der Waals surface area contributed by atoms with Crippen molar-refractivity contribution in [1.29, 1.82) is 0 Å². The van der Waals surface area contributed by atoms with E-state index in [1.165, 1.54) is 74.7 Å². The van der Waals surface area contributed by atoms with E-state index in [-0.39, 0.29) is 36.0 Å². The molecule has 0 radical (unpaired) electrons. The van der Waals surface area contributed by atoms with E-state index >= 15 is 0 Å². The van der Waals surface area contributed by atoms with Crippen LogP contribution in [0.3, 0.4) is 0 Å². The number of hydrogen-bond acceptors (Lipinski definition) is 8. The Hall–Kier alpha value is -1.87. The van der Waals surface area contributed by atoms with Gasteiger partial charge in [-0.05, 0) is 118 Å². The monoisotopic (exact) mass is 747 g/mol. The summed E-state index contributed by atoms with van der Waals surface area (Å²) in [6.45, 7) is 6.29. The molecule has 7 aliphatic rings. The molecule has 0 bridgehead atoms. The number of carbonyl (C=O) groups is 1. The molecule has 2 saturated carbocycles. The number of rotatable bonds is 7. The lowest BCUT2D eigenvalue weighted by Crippen LogP contribution is -2.61. The minimum absolute atomic E-state index is 0.00784. The van der Waals surface area contributed by atoms with Crippen LogP contribution in [0.4, 0.5) is 0 Å². The summed E-state index contributed by atoms with van der Waals surface area (Å²) >= 11 is 0. The maximum atomic E-state index is 12.8. The minimum Gasteiger partial charge on any atom is -0.492 e. The number of hydrogen-bond donors (Lipinski definition) is 1. The van der Waals surface area contributed by atoms with Gasteiger partial charge in [0.05, 0.1) is 18.8 Å². The number of aliphatic hydroxyl groups is 1. The first-order valence-electron chi connectivity index (χ1n) is 20.7. The van der Waals surface area contributed by atoms with E-state index in [0.29, 0.717) is 40.4 Å². The summed E-state index contributed by atoms with van der Waals surface area (Å²) in [6.07, 6.45) is 20.1. The van der Waals surface area contributed by atoms with E-state index in [1.807, 2.05) is 0 Å². The highest BCUT2D eigenvalue weighted by molar-refractivity contribution is 8.76. The molecule has 5 aliphatic heterocycles. The molecule has 9 atom stereocenters. The molecule has 5 heterocycles. The normalized spacial score (nSPS) is 37.4. The Labute approximate surface area is 320 Å². The molecule has 0 aromatic heterocycles. The van der Waals surface area contributed by atoms with Crippen LogP contribution in [0.25, 0.3) is 0 Å². The molecule has 0 amide bonds. The van der Waals surface area contributed by atoms with E-state index in [2.05, 4.69) is 70.7 Å². The van der Waals surface area contributed by atoms with Crippen LogP contribution in [0.2, 0.25) is 0 Å². The molecular weight excluding hydrogens is 687 g/mol. The molecule has 2 aliphatic carbocycles. The predicted molar refractivity (Wildman–Crippen MR) is 211 cm³/mol. The fourth-order valence-electron chi connectivity index (χ4n) is 11.9. The average Bonchev–Trinajstić information content (AvgIpc) is 3.88. The van der Waals surface area contributed by atoms with Crippen molar-refractivity contribution in [3.05, 3.63) is 70.1 Å². The molecular formula is C44H61NO5S2. The molecule has 0 unspecified atom stereocenters. The van der Waals surface area contributed by atoms with E-state index in [0.717, 1.165) is 61.7 Å². The molecule has 5 fully saturated rings. The summed E-state index contributed by atoms with van der Waals surface area (Å²) in [5.74, 6) is 6.52. The molecule has 8 heteroatoms. The highest BCUT2D eigenvalue weighted by Gasteiger charge is 2.55. The highest BCUT2D eigenvalue weighted by atomic mass is 33.1. The van der Waals surface area contributed by atoms with Gasteiger partial charge >= 0.3 is 5.97 Å². The van der Waals surface area contributed by atoms with Gasteiger partial charge in [0.1, 0.15) is 5.76 Å². The number of cyclic esters (lactones) is 1. The number of esters is 1. The molecule has 1 spiro atoms. The molecule has 1 aromatic rings. The number of allylic oxidation sites excluding steroid dienone is 1. The summed E-state index contributed by atoms with van der Waals surface area (Å²) in [7, 11) is 5.79. The van der Waals surface area contributed by atoms with Crippen LogP contribution in [0, 0.1) is 35.0 Å². The molecule has 8 rings (SSSR count). The largest absolute Gasteiger partial charge is 0.492 e. The molecule has 284 valence electrons. The lowest BCUT2D eigenvalue weighted by Gasteiger charge is -2.52. The van der Waals surface area contributed by atoms with Gasteiger partial charge in [0.15, 0.2) is 11.5 Å². The summed E-state index contributed by atoms with van der Waals surface area (Å²) < 4.78 is 18.4. The first kappa shape index (κ1) is 37.1. The van der Waals surface area contributed by atoms with Gasteiger partial charge < -0.3 is 19.3 Å². The number of unbranched alkanes of at least 4 members (excludes halogenated alkanes) is 2. The van der Waals surface area contributed by atoms with Gasteiger partial charge in [-0.25, -0.2) is 4.79 Å². The van der Waals surface area contributed by atoms with Crippen LogP contribution < -0.4 is 0 Å². The lowest BCUT2D eigenvalue weighted by atomic mass is 9.69. The van der Waals surface area contributed by atoms with Crippen LogP contribution in [-0.4, -0.2) is 58.8 Å². The topological polar surface area (TPSA) is 68.2 Å². The third kappa shape index (κ3) is 6.94. The number of aryl methyl sites for hydroxylation is 1. The van der Waals surface area contributed by atoms with Gasteiger partial charge in [0.2, 0.25) is 5.76 Å². The van der Waals surface area contributed by atoms with Crippen molar-refractivity contribution >= 4 is 27.6 Å². The molecule has 1 aromatic carbocycles. The van der Waals surface area contributed by atoms with Crippen LogP contribution in [0.1, 0.15) is 115 Å². The number of aliphatic hydroxyl groups excluding tert-OH is 1. The summed E-state index contributed by atoms with van der Waals surface area (Å²) in [4.78, 5) is 15.6. The molecule has 3 saturated heterocycles. The second-order valence-electron chi connectivity index (χ2n) is 17.4. The van der Waals surface area contributed by atoms with Crippen LogP contribution in [0.5, 0.6) is 0 Å². The number of ether oxygens (including phenoxy) is 3. The van der Waals surface area contributed by atoms with Crippen molar-refractivity contribution in [2.24, 2.45) is 35.0 Å². The van der Waals surface area contributed by atoms with E-state index in [4.69, 9.17) is 14.2 Å². The third-order valence-corrected chi connectivity index (χ3v) is 17.0. The standard InChI is InChI=1S/C44H61NO5S2/c1-5-6-7-11-29-12-10-13-30(20-29)21-31-22-35-37(46)24-34-32(16-19-44(34)17-8-9-18-44)25-51-52-26-33-14-15-38-39(36(23-31)45(33)35)27(2)41(49-38)42-40(48-4)28(3)43(47)50-42/h10,12-13,15,20,27,31-37,39,46H,5-9,11,14,16-19,21-26H2,1-4H3/t27-,31+,32+,33+,34+,35+,36-,37-,39-/m0/s1. The Morgan fingerprint density at radius 3 is 2.62 bits per heavy atom. The fraction of sp³-hybridized carbons (Fsp3) is 0.705. The zero-order valence-corrected chi connectivity index (χ0v) is 33.6. The summed E-state index contributed by atoms with van der Waals surface area (Å²) in [5.41, 5.74) is 3.84. The minimum atomic E-state index is -0.360. The quantitative estimate of drug-likeness (QED) is 0.168. The van der Waals surface area contributed by atoms with Gasteiger partial charge in [-0.15, -0.1) is 0 Å². The Bertz CT molecular complexity index is 1580. The van der Waals surface area contributed by atoms with Gasteiger partial charge in [-0.2, -0.15) is 0 Å². The number of piperidine rings is 1.